The Hall–Kier alpha value is -2.83. The fourth-order valence-corrected chi connectivity index (χ4v) is 2.78. The maximum atomic E-state index is 12.3. The molecule has 1 aromatic heterocycles. The summed E-state index contributed by atoms with van der Waals surface area (Å²) in [6, 6.07) is 7.31. The number of hydrogen-bond acceptors (Lipinski definition) is 4. The van der Waals surface area contributed by atoms with Gasteiger partial charge in [0.1, 0.15) is 5.75 Å². The highest BCUT2D eigenvalue weighted by Gasteiger charge is 2.35. The van der Waals surface area contributed by atoms with Crippen LogP contribution in [-0.2, 0) is 16.1 Å². The van der Waals surface area contributed by atoms with Crippen LogP contribution in [0.4, 0.5) is 5.69 Å². The average molecular weight is 328 g/mol. The van der Waals surface area contributed by atoms with Crippen molar-refractivity contribution in [2.75, 3.05) is 25.1 Å². The smallest absolute Gasteiger partial charge is 0.227 e. The molecule has 2 heterocycles. The lowest BCUT2D eigenvalue weighted by atomic mass is 10.1. The molecule has 0 spiro atoms. The topological polar surface area (TPSA) is 76.5 Å². The van der Waals surface area contributed by atoms with Gasteiger partial charge in [0.15, 0.2) is 0 Å². The van der Waals surface area contributed by atoms with E-state index in [9.17, 15) is 9.59 Å². The Morgan fingerprint density at radius 1 is 1.46 bits per heavy atom. The minimum absolute atomic E-state index is 0.0435. The van der Waals surface area contributed by atoms with Crippen LogP contribution in [0.5, 0.6) is 5.75 Å². The van der Waals surface area contributed by atoms with E-state index in [1.165, 1.54) is 0 Å². The number of nitrogens with zero attached hydrogens (tertiary/aromatic N) is 3. The Labute approximate surface area is 140 Å². The van der Waals surface area contributed by atoms with Gasteiger partial charge in [-0.1, -0.05) is 6.07 Å². The van der Waals surface area contributed by atoms with Crippen LogP contribution in [0.2, 0.25) is 0 Å². The molecule has 0 bridgehead atoms. The van der Waals surface area contributed by atoms with Crippen LogP contribution in [-0.4, -0.2) is 41.6 Å². The summed E-state index contributed by atoms with van der Waals surface area (Å²) in [5.41, 5.74) is 0.757. The number of benzene rings is 1. The summed E-state index contributed by atoms with van der Waals surface area (Å²) in [5.74, 6) is 0.229. The standard InChI is InChI=1S/C17H20N4O3/c1-24-15-4-2-3-14(10-15)21-11-13(9-16(21)22)17(23)19-6-8-20-7-5-18-12-20/h2-5,7,10,12-13H,6,8-9,11H2,1H3,(H,19,23)/t13-/m0/s1. The van der Waals surface area contributed by atoms with Crippen molar-refractivity contribution < 1.29 is 14.3 Å². The number of rotatable bonds is 6. The zero-order valence-electron chi connectivity index (χ0n) is 13.5. The van der Waals surface area contributed by atoms with Gasteiger partial charge in [-0.3, -0.25) is 9.59 Å². The summed E-state index contributed by atoms with van der Waals surface area (Å²) in [5, 5.41) is 2.89. The van der Waals surface area contributed by atoms with E-state index in [1.54, 1.807) is 30.6 Å². The van der Waals surface area contributed by atoms with Gasteiger partial charge in [-0.2, -0.15) is 0 Å². The summed E-state index contributed by atoms with van der Waals surface area (Å²) in [4.78, 5) is 30.1. The quantitative estimate of drug-likeness (QED) is 0.860. The number of carbonyl (C=O) groups is 2. The molecular weight excluding hydrogens is 308 g/mol. The number of carbonyl (C=O) groups excluding carboxylic acids is 2. The molecule has 126 valence electrons. The van der Waals surface area contributed by atoms with E-state index in [0.717, 1.165) is 5.69 Å². The molecule has 0 unspecified atom stereocenters. The Bertz CT molecular complexity index is 714. The molecule has 1 aromatic carbocycles. The minimum atomic E-state index is -0.327. The molecule has 3 rings (SSSR count). The molecule has 24 heavy (non-hydrogen) atoms. The molecular formula is C17H20N4O3. The second-order valence-corrected chi connectivity index (χ2v) is 5.70. The van der Waals surface area contributed by atoms with Crippen molar-refractivity contribution in [3.8, 4) is 5.75 Å². The highest BCUT2D eigenvalue weighted by molar-refractivity contribution is 6.00. The summed E-state index contributed by atoms with van der Waals surface area (Å²) in [6.07, 6.45) is 5.48. The van der Waals surface area contributed by atoms with Gasteiger partial charge in [0.25, 0.3) is 0 Å². The largest absolute Gasteiger partial charge is 0.497 e. The molecule has 2 aromatic rings. The number of hydrogen-bond donors (Lipinski definition) is 1. The van der Waals surface area contributed by atoms with Crippen LogP contribution in [0, 0.1) is 5.92 Å². The molecule has 1 atom stereocenters. The van der Waals surface area contributed by atoms with Crippen molar-refractivity contribution in [1.82, 2.24) is 14.9 Å². The van der Waals surface area contributed by atoms with E-state index >= 15 is 0 Å². The maximum Gasteiger partial charge on any atom is 0.227 e. The van der Waals surface area contributed by atoms with E-state index < -0.39 is 0 Å². The van der Waals surface area contributed by atoms with Crippen LogP contribution in [0.3, 0.4) is 0 Å². The number of methoxy groups -OCH3 is 1. The van der Waals surface area contributed by atoms with E-state index in [2.05, 4.69) is 10.3 Å². The number of ether oxygens (including phenoxy) is 1. The molecule has 0 radical (unpaired) electrons. The first-order chi connectivity index (χ1) is 11.7. The van der Waals surface area contributed by atoms with E-state index in [1.807, 2.05) is 29.0 Å². The predicted octanol–water partition coefficient (Wildman–Crippen LogP) is 1.06. The predicted molar refractivity (Wildman–Crippen MR) is 88.7 cm³/mol. The zero-order valence-corrected chi connectivity index (χ0v) is 13.5. The summed E-state index contributed by atoms with van der Waals surface area (Å²) < 4.78 is 7.08. The molecule has 1 aliphatic heterocycles. The lowest BCUT2D eigenvalue weighted by Crippen LogP contribution is -2.34. The molecule has 1 N–H and O–H groups in total. The van der Waals surface area contributed by atoms with E-state index in [0.29, 0.717) is 25.4 Å². The van der Waals surface area contributed by atoms with Crippen molar-refractivity contribution >= 4 is 17.5 Å². The van der Waals surface area contributed by atoms with Gasteiger partial charge < -0.3 is 19.5 Å². The van der Waals surface area contributed by atoms with Gasteiger partial charge in [0.05, 0.1) is 19.4 Å². The SMILES string of the molecule is COc1cccc(N2C[C@@H](C(=O)NCCn3ccnc3)CC2=O)c1. The second kappa shape index (κ2) is 7.16. The highest BCUT2D eigenvalue weighted by atomic mass is 16.5. The molecule has 1 fully saturated rings. The Morgan fingerprint density at radius 2 is 2.33 bits per heavy atom. The average Bonchev–Trinajstić information content (AvgIpc) is 3.24. The monoisotopic (exact) mass is 328 g/mol. The van der Waals surface area contributed by atoms with Gasteiger partial charge in [0.2, 0.25) is 11.8 Å². The van der Waals surface area contributed by atoms with Crippen molar-refractivity contribution in [3.63, 3.8) is 0 Å². The van der Waals surface area contributed by atoms with Crippen molar-refractivity contribution in [3.05, 3.63) is 43.0 Å². The lowest BCUT2D eigenvalue weighted by molar-refractivity contribution is -0.126. The van der Waals surface area contributed by atoms with Crippen LogP contribution < -0.4 is 15.0 Å². The Balaban J connectivity index is 1.56. The minimum Gasteiger partial charge on any atom is -0.497 e. The van der Waals surface area contributed by atoms with Gasteiger partial charge in [-0.05, 0) is 12.1 Å². The summed E-state index contributed by atoms with van der Waals surface area (Å²) >= 11 is 0. The van der Waals surface area contributed by atoms with Crippen molar-refractivity contribution in [1.29, 1.82) is 0 Å². The van der Waals surface area contributed by atoms with Crippen LogP contribution in [0.1, 0.15) is 6.42 Å². The first kappa shape index (κ1) is 16.0. The lowest BCUT2D eigenvalue weighted by Gasteiger charge is -2.17. The zero-order chi connectivity index (χ0) is 16.9. The summed E-state index contributed by atoms with van der Waals surface area (Å²) in [6.45, 7) is 1.56. The maximum absolute atomic E-state index is 12.3. The second-order valence-electron chi connectivity index (χ2n) is 5.70. The molecule has 2 amide bonds. The van der Waals surface area contributed by atoms with E-state index in [-0.39, 0.29) is 24.2 Å². The van der Waals surface area contributed by atoms with Crippen LogP contribution >= 0.6 is 0 Å². The van der Waals surface area contributed by atoms with Crippen LogP contribution in [0.15, 0.2) is 43.0 Å². The first-order valence-electron chi connectivity index (χ1n) is 7.85. The first-order valence-corrected chi connectivity index (χ1v) is 7.85. The molecule has 0 saturated carbocycles. The third-order valence-electron chi connectivity index (χ3n) is 4.09. The summed E-state index contributed by atoms with van der Waals surface area (Å²) in [7, 11) is 1.58. The molecule has 7 nitrogen and oxygen atoms in total. The number of imidazole rings is 1. The van der Waals surface area contributed by atoms with Gasteiger partial charge >= 0.3 is 0 Å². The van der Waals surface area contributed by atoms with Gasteiger partial charge in [-0.25, -0.2) is 4.98 Å². The highest BCUT2D eigenvalue weighted by Crippen LogP contribution is 2.27. The number of anilines is 1. The van der Waals surface area contributed by atoms with Crippen LogP contribution in [0.25, 0.3) is 0 Å². The van der Waals surface area contributed by atoms with E-state index in [4.69, 9.17) is 4.74 Å². The third kappa shape index (κ3) is 3.56. The Kier molecular flexibility index (Phi) is 4.79. The fraction of sp³-hybridized carbons (Fsp3) is 0.353. The molecule has 1 saturated heterocycles. The number of amides is 2. The molecule has 7 heteroatoms. The normalized spacial score (nSPS) is 17.1. The number of nitrogens with one attached hydrogen (secondary N) is 1. The van der Waals surface area contributed by atoms with Crippen molar-refractivity contribution in [2.45, 2.75) is 13.0 Å². The van der Waals surface area contributed by atoms with Gasteiger partial charge in [0, 0.05) is 50.2 Å². The number of aromatic nitrogens is 2. The van der Waals surface area contributed by atoms with Gasteiger partial charge in [-0.15, -0.1) is 0 Å². The third-order valence-corrected chi connectivity index (χ3v) is 4.09. The Morgan fingerprint density at radius 3 is 3.08 bits per heavy atom. The molecule has 0 aliphatic carbocycles. The fourth-order valence-electron chi connectivity index (χ4n) is 2.78. The van der Waals surface area contributed by atoms with Crippen molar-refractivity contribution in [2.24, 2.45) is 5.92 Å². The molecule has 1 aliphatic rings.